The van der Waals surface area contributed by atoms with Crippen molar-refractivity contribution in [2.45, 2.75) is 6.61 Å². The maximum atomic E-state index is 11.8. The zero-order valence-corrected chi connectivity index (χ0v) is 13.4. The van der Waals surface area contributed by atoms with Crippen molar-refractivity contribution in [2.24, 2.45) is 0 Å². The lowest BCUT2D eigenvalue weighted by Gasteiger charge is -2.13. The number of carbonyl (C=O) groups is 1. The SMILES string of the molecule is COC(=O)c1ccc(OCc2ccccc2)c(-c2ccccc2)c1. The topological polar surface area (TPSA) is 35.5 Å². The molecule has 3 nitrogen and oxygen atoms in total. The van der Waals surface area contributed by atoms with Crippen LogP contribution in [0, 0.1) is 0 Å². The van der Waals surface area contributed by atoms with Crippen molar-refractivity contribution >= 4 is 5.97 Å². The average molecular weight is 318 g/mol. The van der Waals surface area contributed by atoms with Gasteiger partial charge in [0.25, 0.3) is 0 Å². The Hall–Kier alpha value is -3.07. The van der Waals surface area contributed by atoms with Gasteiger partial charge in [-0.3, -0.25) is 0 Å². The summed E-state index contributed by atoms with van der Waals surface area (Å²) in [5, 5.41) is 0. The van der Waals surface area contributed by atoms with Crippen LogP contribution in [0.15, 0.2) is 78.9 Å². The number of ether oxygens (including phenoxy) is 2. The van der Waals surface area contributed by atoms with Gasteiger partial charge in [0.05, 0.1) is 12.7 Å². The Morgan fingerprint density at radius 3 is 2.21 bits per heavy atom. The van der Waals surface area contributed by atoms with Gasteiger partial charge in [-0.15, -0.1) is 0 Å². The van der Waals surface area contributed by atoms with E-state index in [1.54, 1.807) is 6.07 Å². The van der Waals surface area contributed by atoms with E-state index in [2.05, 4.69) is 0 Å². The van der Waals surface area contributed by atoms with Crippen molar-refractivity contribution in [3.05, 3.63) is 90.0 Å². The molecule has 0 spiro atoms. The third kappa shape index (κ3) is 3.63. The molecule has 3 rings (SSSR count). The summed E-state index contributed by atoms with van der Waals surface area (Å²) in [5.41, 5.74) is 3.46. The average Bonchev–Trinajstić information content (AvgIpc) is 2.67. The predicted octanol–water partition coefficient (Wildman–Crippen LogP) is 4.72. The number of carbonyl (C=O) groups excluding carboxylic acids is 1. The molecule has 0 unspecified atom stereocenters. The first-order valence-electron chi connectivity index (χ1n) is 7.72. The summed E-state index contributed by atoms with van der Waals surface area (Å²) in [6, 6.07) is 25.2. The molecular weight excluding hydrogens is 300 g/mol. The molecule has 120 valence electrons. The Balaban J connectivity index is 1.94. The van der Waals surface area contributed by atoms with Gasteiger partial charge in [-0.05, 0) is 29.3 Å². The molecule has 3 aromatic rings. The second-order valence-corrected chi connectivity index (χ2v) is 5.34. The smallest absolute Gasteiger partial charge is 0.337 e. The van der Waals surface area contributed by atoms with Crippen LogP contribution in [0.4, 0.5) is 0 Å². The highest BCUT2D eigenvalue weighted by Gasteiger charge is 2.12. The van der Waals surface area contributed by atoms with Gasteiger partial charge >= 0.3 is 5.97 Å². The van der Waals surface area contributed by atoms with E-state index in [1.807, 2.05) is 72.8 Å². The third-order valence-corrected chi connectivity index (χ3v) is 3.72. The largest absolute Gasteiger partial charge is 0.488 e. The van der Waals surface area contributed by atoms with Crippen LogP contribution >= 0.6 is 0 Å². The summed E-state index contributed by atoms with van der Waals surface area (Å²) in [4.78, 5) is 11.8. The number of hydrogen-bond acceptors (Lipinski definition) is 3. The summed E-state index contributed by atoms with van der Waals surface area (Å²) in [5.74, 6) is 0.375. The minimum atomic E-state index is -0.359. The zero-order chi connectivity index (χ0) is 16.8. The van der Waals surface area contributed by atoms with Crippen LogP contribution in [0.3, 0.4) is 0 Å². The van der Waals surface area contributed by atoms with Crippen LogP contribution in [0.1, 0.15) is 15.9 Å². The first-order valence-corrected chi connectivity index (χ1v) is 7.72. The third-order valence-electron chi connectivity index (χ3n) is 3.72. The van der Waals surface area contributed by atoms with Crippen LogP contribution in [0.5, 0.6) is 5.75 Å². The molecular formula is C21H18O3. The van der Waals surface area contributed by atoms with Crippen molar-refractivity contribution < 1.29 is 14.3 Å². The van der Waals surface area contributed by atoms with Crippen molar-refractivity contribution in [3.63, 3.8) is 0 Å². The van der Waals surface area contributed by atoms with Gasteiger partial charge in [0.2, 0.25) is 0 Å². The lowest BCUT2D eigenvalue weighted by Crippen LogP contribution is -2.03. The summed E-state index contributed by atoms with van der Waals surface area (Å²) in [7, 11) is 1.38. The summed E-state index contributed by atoms with van der Waals surface area (Å²) in [6.07, 6.45) is 0. The van der Waals surface area contributed by atoms with E-state index in [0.29, 0.717) is 12.2 Å². The molecule has 0 saturated carbocycles. The highest BCUT2D eigenvalue weighted by Crippen LogP contribution is 2.31. The Labute approximate surface area is 141 Å². The fourth-order valence-corrected chi connectivity index (χ4v) is 2.48. The summed E-state index contributed by atoms with van der Waals surface area (Å²) in [6.45, 7) is 0.470. The number of benzene rings is 3. The van der Waals surface area contributed by atoms with Crippen LogP contribution < -0.4 is 4.74 Å². The van der Waals surface area contributed by atoms with E-state index in [0.717, 1.165) is 22.4 Å². The van der Waals surface area contributed by atoms with Crippen LogP contribution in [-0.2, 0) is 11.3 Å². The maximum absolute atomic E-state index is 11.8. The van der Waals surface area contributed by atoms with Crippen molar-refractivity contribution in [2.75, 3.05) is 7.11 Å². The molecule has 0 aliphatic heterocycles. The van der Waals surface area contributed by atoms with Gasteiger partial charge in [0.15, 0.2) is 0 Å². The molecule has 0 N–H and O–H groups in total. The molecule has 0 aliphatic rings. The molecule has 0 fully saturated rings. The van der Waals surface area contributed by atoms with Crippen molar-refractivity contribution in [1.29, 1.82) is 0 Å². The van der Waals surface area contributed by atoms with Crippen molar-refractivity contribution in [3.8, 4) is 16.9 Å². The number of methoxy groups -OCH3 is 1. The quantitative estimate of drug-likeness (QED) is 0.639. The van der Waals surface area contributed by atoms with E-state index in [4.69, 9.17) is 9.47 Å². The molecule has 0 aliphatic carbocycles. The van der Waals surface area contributed by atoms with Crippen molar-refractivity contribution in [1.82, 2.24) is 0 Å². The maximum Gasteiger partial charge on any atom is 0.337 e. The van der Waals surface area contributed by atoms with Gasteiger partial charge in [0.1, 0.15) is 12.4 Å². The van der Waals surface area contributed by atoms with Crippen LogP contribution in [0.25, 0.3) is 11.1 Å². The highest BCUT2D eigenvalue weighted by molar-refractivity contribution is 5.92. The first-order chi connectivity index (χ1) is 11.8. The molecule has 3 heteroatoms. The molecule has 0 bridgehead atoms. The Kier molecular flexibility index (Phi) is 4.92. The van der Waals surface area contributed by atoms with E-state index < -0.39 is 0 Å². The Morgan fingerprint density at radius 2 is 1.54 bits per heavy atom. The normalized spacial score (nSPS) is 10.2. The minimum Gasteiger partial charge on any atom is -0.488 e. The van der Waals surface area contributed by atoms with Crippen LogP contribution in [-0.4, -0.2) is 13.1 Å². The fourth-order valence-electron chi connectivity index (χ4n) is 2.48. The van der Waals surface area contributed by atoms with E-state index in [9.17, 15) is 4.79 Å². The zero-order valence-electron chi connectivity index (χ0n) is 13.4. The van der Waals surface area contributed by atoms with Gasteiger partial charge in [-0.25, -0.2) is 4.79 Å². The number of rotatable bonds is 5. The molecule has 0 atom stereocenters. The minimum absolute atomic E-state index is 0.359. The first kappa shape index (κ1) is 15.8. The van der Waals surface area contributed by atoms with Gasteiger partial charge in [-0.1, -0.05) is 60.7 Å². The lowest BCUT2D eigenvalue weighted by molar-refractivity contribution is 0.0600. The fraction of sp³-hybridized carbons (Fsp3) is 0.0952. The molecule has 0 heterocycles. The molecule has 24 heavy (non-hydrogen) atoms. The van der Waals surface area contributed by atoms with E-state index in [-0.39, 0.29) is 5.97 Å². The summed E-state index contributed by atoms with van der Waals surface area (Å²) < 4.78 is 10.8. The van der Waals surface area contributed by atoms with Gasteiger partial charge in [0, 0.05) is 5.56 Å². The van der Waals surface area contributed by atoms with E-state index in [1.165, 1.54) is 7.11 Å². The molecule has 0 radical (unpaired) electrons. The Bertz CT molecular complexity index is 811. The predicted molar refractivity (Wildman–Crippen MR) is 94.0 cm³/mol. The highest BCUT2D eigenvalue weighted by atomic mass is 16.5. The molecule has 0 saturated heterocycles. The lowest BCUT2D eigenvalue weighted by atomic mass is 10.0. The molecule has 0 amide bonds. The van der Waals surface area contributed by atoms with Gasteiger partial charge in [-0.2, -0.15) is 0 Å². The number of esters is 1. The number of hydrogen-bond donors (Lipinski definition) is 0. The molecule has 0 aromatic heterocycles. The van der Waals surface area contributed by atoms with E-state index >= 15 is 0 Å². The van der Waals surface area contributed by atoms with Gasteiger partial charge < -0.3 is 9.47 Å². The van der Waals surface area contributed by atoms with Crippen LogP contribution in [0.2, 0.25) is 0 Å². The second kappa shape index (κ2) is 7.47. The molecule has 3 aromatic carbocycles. The Morgan fingerprint density at radius 1 is 0.875 bits per heavy atom. The second-order valence-electron chi connectivity index (χ2n) is 5.34. The summed E-state index contributed by atoms with van der Waals surface area (Å²) >= 11 is 0. The standard InChI is InChI=1S/C21H18O3/c1-23-21(22)18-12-13-20(24-15-16-8-4-2-5-9-16)19(14-18)17-10-6-3-7-11-17/h2-14H,15H2,1H3. The monoisotopic (exact) mass is 318 g/mol.